The van der Waals surface area contributed by atoms with Crippen LogP contribution in [0.25, 0.3) is 0 Å². The Kier molecular flexibility index (Phi) is 6.12. The molecule has 196 valence electrons. The summed E-state index contributed by atoms with van der Waals surface area (Å²) < 4.78 is 5.49. The van der Waals surface area contributed by atoms with E-state index >= 15 is 0 Å². The summed E-state index contributed by atoms with van der Waals surface area (Å²) in [6, 6.07) is 0.894. The first-order valence-corrected chi connectivity index (χ1v) is 13.9. The van der Waals surface area contributed by atoms with Gasteiger partial charge in [0.15, 0.2) is 0 Å². The Bertz CT molecular complexity index is 1020. The molecule has 4 heterocycles. The maximum Gasteiger partial charge on any atom is 0.135 e. The molecule has 0 aromatic rings. The lowest BCUT2D eigenvalue weighted by Crippen LogP contribution is -2.62. The second-order valence-electron chi connectivity index (χ2n) is 12.3. The Labute approximate surface area is 216 Å². The molecule has 2 atom stereocenters. The van der Waals surface area contributed by atoms with Crippen LogP contribution in [-0.2, 0) is 4.74 Å². The fourth-order valence-corrected chi connectivity index (χ4v) is 7.46. The molecule has 0 amide bonds. The molecular weight excluding hydrogens is 450 g/mol. The number of ether oxygens (including phenoxy) is 1. The third-order valence-electron chi connectivity index (χ3n) is 10.2. The van der Waals surface area contributed by atoms with Crippen LogP contribution >= 0.6 is 0 Å². The molecule has 2 N–H and O–H groups in total. The molecule has 4 aliphatic heterocycles. The summed E-state index contributed by atoms with van der Waals surface area (Å²) in [5.41, 5.74) is 11.7. The number of allylic oxidation sites excluding steroid dienone is 2. The maximum absolute atomic E-state index is 6.47. The van der Waals surface area contributed by atoms with E-state index in [9.17, 15) is 0 Å². The van der Waals surface area contributed by atoms with Crippen molar-refractivity contribution < 1.29 is 4.74 Å². The molecular formula is C28H43N7O. The lowest BCUT2D eigenvalue weighted by atomic mass is 9.56. The van der Waals surface area contributed by atoms with Crippen molar-refractivity contribution in [3.05, 3.63) is 23.0 Å². The topological polar surface area (TPSA) is 82.0 Å². The van der Waals surface area contributed by atoms with Crippen molar-refractivity contribution in [3.63, 3.8) is 0 Å². The zero-order chi connectivity index (χ0) is 25.1. The van der Waals surface area contributed by atoms with Gasteiger partial charge in [-0.15, -0.1) is 0 Å². The second-order valence-corrected chi connectivity index (χ2v) is 12.3. The first kappa shape index (κ1) is 24.3. The van der Waals surface area contributed by atoms with Gasteiger partial charge in [-0.2, -0.15) is 5.10 Å². The van der Waals surface area contributed by atoms with Crippen LogP contribution in [0.1, 0.15) is 58.8 Å². The number of hydrogen-bond donors (Lipinski definition) is 1. The van der Waals surface area contributed by atoms with Crippen LogP contribution in [0.2, 0.25) is 0 Å². The third kappa shape index (κ3) is 4.05. The molecule has 2 unspecified atom stereocenters. The van der Waals surface area contributed by atoms with Gasteiger partial charge in [0.1, 0.15) is 5.84 Å². The van der Waals surface area contributed by atoms with Crippen molar-refractivity contribution >= 4 is 17.8 Å². The predicted octanol–water partition coefficient (Wildman–Crippen LogP) is 3.02. The van der Waals surface area contributed by atoms with Crippen LogP contribution in [0.15, 0.2) is 38.1 Å². The van der Waals surface area contributed by atoms with E-state index < -0.39 is 0 Å². The molecule has 7 aliphatic rings. The summed E-state index contributed by atoms with van der Waals surface area (Å²) >= 11 is 0. The first-order valence-electron chi connectivity index (χ1n) is 13.9. The van der Waals surface area contributed by atoms with E-state index in [0.29, 0.717) is 17.0 Å². The number of likely N-dealkylation sites (N-methyl/N-ethyl adjacent to an activating group) is 1. The zero-order valence-electron chi connectivity index (χ0n) is 22.5. The Hall–Kier alpha value is -2.03. The van der Waals surface area contributed by atoms with Crippen molar-refractivity contribution in [1.82, 2.24) is 14.8 Å². The zero-order valence-corrected chi connectivity index (χ0v) is 22.5. The van der Waals surface area contributed by atoms with Gasteiger partial charge in [0, 0.05) is 73.6 Å². The quantitative estimate of drug-likeness (QED) is 0.637. The molecule has 0 aromatic carbocycles. The Morgan fingerprint density at radius 3 is 2.58 bits per heavy atom. The molecule has 7 rings (SSSR count). The Morgan fingerprint density at radius 2 is 1.94 bits per heavy atom. The maximum atomic E-state index is 6.47. The highest BCUT2D eigenvalue weighted by Gasteiger charge is 2.52. The fraction of sp³-hybridized carbons (Fsp3) is 0.750. The van der Waals surface area contributed by atoms with Gasteiger partial charge < -0.3 is 10.5 Å². The van der Waals surface area contributed by atoms with Crippen LogP contribution in [-0.4, -0.2) is 97.1 Å². The van der Waals surface area contributed by atoms with E-state index in [1.807, 2.05) is 19.0 Å². The molecule has 5 fully saturated rings. The highest BCUT2D eigenvalue weighted by Crippen LogP contribution is 2.55. The molecule has 2 saturated heterocycles. The summed E-state index contributed by atoms with van der Waals surface area (Å²) in [6.07, 6.45) is 13.2. The van der Waals surface area contributed by atoms with E-state index in [1.165, 1.54) is 49.8 Å². The normalized spacial score (nSPS) is 39.4. The van der Waals surface area contributed by atoms with Gasteiger partial charge >= 0.3 is 0 Å². The number of hydrogen-bond acceptors (Lipinski definition) is 8. The van der Waals surface area contributed by atoms with E-state index in [-0.39, 0.29) is 12.0 Å². The van der Waals surface area contributed by atoms with Gasteiger partial charge in [-0.3, -0.25) is 19.8 Å². The smallest absolute Gasteiger partial charge is 0.135 e. The number of fused-ring (bicyclic) bond motifs is 4. The number of nitrogens with zero attached hydrogens (tertiary/aromatic N) is 6. The summed E-state index contributed by atoms with van der Waals surface area (Å²) in [5.74, 6) is 1.26. The second kappa shape index (κ2) is 9.07. The lowest BCUT2D eigenvalue weighted by Gasteiger charge is -2.59. The minimum absolute atomic E-state index is 0.213. The number of nitrogens with two attached hydrogens (primary N) is 1. The van der Waals surface area contributed by atoms with Crippen molar-refractivity contribution in [2.45, 2.75) is 76.4 Å². The number of amidine groups is 1. The van der Waals surface area contributed by atoms with Crippen LogP contribution < -0.4 is 5.73 Å². The van der Waals surface area contributed by atoms with Crippen molar-refractivity contribution in [2.24, 2.45) is 32.2 Å². The molecule has 2 bridgehead atoms. The largest absolute Gasteiger partial charge is 0.402 e. The molecule has 8 nitrogen and oxygen atoms in total. The van der Waals surface area contributed by atoms with E-state index in [4.69, 9.17) is 20.5 Å². The molecule has 8 heteroatoms. The molecule has 3 saturated carbocycles. The molecule has 0 spiro atoms. The molecule has 0 radical (unpaired) electrons. The number of aliphatic imine (C=N–C) groups is 2. The summed E-state index contributed by atoms with van der Waals surface area (Å²) in [4.78, 5) is 15.3. The number of rotatable bonds is 5. The average molecular weight is 494 g/mol. The molecule has 3 aliphatic carbocycles. The van der Waals surface area contributed by atoms with Gasteiger partial charge in [-0.1, -0.05) is 0 Å². The van der Waals surface area contributed by atoms with E-state index in [1.54, 1.807) is 0 Å². The Morgan fingerprint density at radius 1 is 1.22 bits per heavy atom. The van der Waals surface area contributed by atoms with Crippen molar-refractivity contribution in [1.29, 1.82) is 0 Å². The number of hydrazone groups is 1. The molecule has 0 aromatic heterocycles. The minimum atomic E-state index is 0.213. The van der Waals surface area contributed by atoms with Crippen LogP contribution in [0.3, 0.4) is 0 Å². The Balaban J connectivity index is 1.13. The van der Waals surface area contributed by atoms with Crippen LogP contribution in [0.5, 0.6) is 0 Å². The molecule has 36 heavy (non-hydrogen) atoms. The van der Waals surface area contributed by atoms with Crippen molar-refractivity contribution in [2.75, 3.05) is 46.9 Å². The SMILES string of the molecule is CC1=CC(N2CCC(=NCC34CCC(N(C)C5COC5)(CC3)CC4)C(=C(C)N)C2)C2C=NN(C)C2=N1. The van der Waals surface area contributed by atoms with Gasteiger partial charge in [0.25, 0.3) is 0 Å². The monoisotopic (exact) mass is 493 g/mol. The first-order chi connectivity index (χ1) is 17.3. The van der Waals surface area contributed by atoms with Crippen LogP contribution in [0, 0.1) is 11.3 Å². The predicted molar refractivity (Wildman–Crippen MR) is 145 cm³/mol. The summed E-state index contributed by atoms with van der Waals surface area (Å²) in [6.45, 7) is 8.76. The van der Waals surface area contributed by atoms with Gasteiger partial charge in [-0.25, -0.2) is 4.99 Å². The average Bonchev–Trinajstić information content (AvgIpc) is 3.22. The minimum Gasteiger partial charge on any atom is -0.402 e. The number of likely N-dealkylation sites (tertiary alicyclic amines) is 1. The summed E-state index contributed by atoms with van der Waals surface area (Å²) in [5, 5.41) is 6.43. The van der Waals surface area contributed by atoms with Gasteiger partial charge in [-0.05, 0) is 70.9 Å². The van der Waals surface area contributed by atoms with Crippen molar-refractivity contribution in [3.8, 4) is 0 Å². The lowest BCUT2D eigenvalue weighted by molar-refractivity contribution is -0.129. The highest BCUT2D eigenvalue weighted by molar-refractivity contribution is 6.03. The fourth-order valence-electron chi connectivity index (χ4n) is 7.46. The van der Waals surface area contributed by atoms with Crippen LogP contribution in [0.4, 0.5) is 0 Å². The standard InChI is InChI=1S/C28H43N7O/c1-19-13-25(22-14-31-34(4)26(22)32-19)35-12-5-24(23(15-35)20(2)29)30-18-27-6-9-28(10-7-27,11-8-27)33(3)21-16-36-17-21/h13-14,21-22,25H,5-12,15-18,29H2,1-4H3. The third-order valence-corrected chi connectivity index (χ3v) is 10.2. The number of piperidine rings is 1. The van der Waals surface area contributed by atoms with Gasteiger partial charge in [0.2, 0.25) is 0 Å². The van der Waals surface area contributed by atoms with E-state index in [2.05, 4.69) is 41.2 Å². The van der Waals surface area contributed by atoms with Gasteiger partial charge in [0.05, 0.1) is 25.2 Å². The van der Waals surface area contributed by atoms with E-state index in [0.717, 1.165) is 56.5 Å². The summed E-state index contributed by atoms with van der Waals surface area (Å²) in [7, 11) is 4.33. The highest BCUT2D eigenvalue weighted by atomic mass is 16.5.